The van der Waals surface area contributed by atoms with Gasteiger partial charge in [0, 0.05) is 32.0 Å². The Morgan fingerprint density at radius 1 is 1.37 bits per heavy atom. The van der Waals surface area contributed by atoms with Gasteiger partial charge in [-0.15, -0.1) is 0 Å². The molecule has 19 heavy (non-hydrogen) atoms. The lowest BCUT2D eigenvalue weighted by molar-refractivity contribution is 0.0648. The first-order valence-electron chi connectivity index (χ1n) is 7.10. The summed E-state index contributed by atoms with van der Waals surface area (Å²) in [7, 11) is 0. The molecule has 2 aliphatic rings. The number of hydrogen-bond acceptors (Lipinski definition) is 3. The van der Waals surface area contributed by atoms with Crippen LogP contribution in [0, 0.1) is 5.92 Å². The summed E-state index contributed by atoms with van der Waals surface area (Å²) in [4.78, 5) is 26.0. The van der Waals surface area contributed by atoms with E-state index in [0.29, 0.717) is 29.4 Å². The zero-order valence-electron chi connectivity index (χ0n) is 11.3. The van der Waals surface area contributed by atoms with E-state index in [2.05, 4.69) is 6.92 Å². The number of nitrogens with zero attached hydrogens (tertiary/aromatic N) is 1. The Bertz CT molecular complexity index is 517. The predicted molar refractivity (Wildman–Crippen MR) is 70.3 cm³/mol. The van der Waals surface area contributed by atoms with Gasteiger partial charge < -0.3 is 9.32 Å². The topological polar surface area (TPSA) is 50.5 Å². The van der Waals surface area contributed by atoms with Crippen molar-refractivity contribution in [1.29, 1.82) is 0 Å². The summed E-state index contributed by atoms with van der Waals surface area (Å²) < 4.78 is 5.61. The van der Waals surface area contributed by atoms with Crippen LogP contribution in [-0.4, -0.2) is 29.7 Å². The molecule has 4 nitrogen and oxygen atoms in total. The Hall–Kier alpha value is -1.58. The van der Waals surface area contributed by atoms with Crippen molar-refractivity contribution in [2.75, 3.05) is 13.1 Å². The molecule has 1 fully saturated rings. The van der Waals surface area contributed by atoms with Crippen molar-refractivity contribution in [3.05, 3.63) is 23.2 Å². The Balaban J connectivity index is 1.82. The lowest BCUT2D eigenvalue weighted by Gasteiger charge is -2.30. The minimum atomic E-state index is -0.0613. The normalized spacial score (nSPS) is 23.3. The molecule has 0 N–H and O–H groups in total. The molecule has 1 aliphatic heterocycles. The molecule has 1 amide bonds. The number of carbonyl (C=O) groups is 2. The fourth-order valence-corrected chi connectivity index (χ4v) is 3.03. The lowest BCUT2D eigenvalue weighted by Crippen LogP contribution is -2.38. The molecule has 1 unspecified atom stereocenters. The van der Waals surface area contributed by atoms with Crippen molar-refractivity contribution in [2.45, 2.75) is 39.0 Å². The van der Waals surface area contributed by atoms with E-state index in [1.54, 1.807) is 6.07 Å². The number of piperidine rings is 1. The zero-order valence-corrected chi connectivity index (χ0v) is 11.3. The van der Waals surface area contributed by atoms with Gasteiger partial charge in [-0.3, -0.25) is 9.59 Å². The van der Waals surface area contributed by atoms with Crippen molar-refractivity contribution < 1.29 is 14.0 Å². The zero-order chi connectivity index (χ0) is 13.4. The molecule has 1 aliphatic carbocycles. The molecular formula is C15H19NO3. The van der Waals surface area contributed by atoms with Crippen LogP contribution in [0.15, 0.2) is 10.5 Å². The van der Waals surface area contributed by atoms with Gasteiger partial charge in [0.05, 0.1) is 5.56 Å². The second-order valence-corrected chi connectivity index (χ2v) is 5.72. The van der Waals surface area contributed by atoms with E-state index in [4.69, 9.17) is 4.42 Å². The van der Waals surface area contributed by atoms with Crippen molar-refractivity contribution in [2.24, 2.45) is 5.92 Å². The summed E-state index contributed by atoms with van der Waals surface area (Å²) in [5.41, 5.74) is 0.625. The molecule has 0 bridgehead atoms. The van der Waals surface area contributed by atoms with Crippen LogP contribution in [-0.2, 0) is 6.42 Å². The fraction of sp³-hybridized carbons (Fsp3) is 0.600. The van der Waals surface area contributed by atoms with Gasteiger partial charge in [-0.05, 0) is 25.2 Å². The van der Waals surface area contributed by atoms with Crippen LogP contribution in [0.4, 0.5) is 0 Å². The van der Waals surface area contributed by atoms with Gasteiger partial charge in [0.2, 0.25) is 0 Å². The minimum Gasteiger partial charge on any atom is -0.455 e. The molecular weight excluding hydrogens is 242 g/mol. The number of fused-ring (bicyclic) bond motifs is 1. The second kappa shape index (κ2) is 4.83. The summed E-state index contributed by atoms with van der Waals surface area (Å²) in [5.74, 6) is 1.63. The Morgan fingerprint density at radius 2 is 2.21 bits per heavy atom. The first-order valence-corrected chi connectivity index (χ1v) is 7.10. The third-order valence-electron chi connectivity index (χ3n) is 4.07. The van der Waals surface area contributed by atoms with E-state index >= 15 is 0 Å². The van der Waals surface area contributed by atoms with Gasteiger partial charge in [0.15, 0.2) is 11.5 Å². The SMILES string of the molecule is CC1CCCN(C(=O)c2cc3c(o2)CCCC3=O)C1. The van der Waals surface area contributed by atoms with Crippen LogP contribution in [0.5, 0.6) is 0 Å². The third kappa shape index (κ3) is 2.31. The van der Waals surface area contributed by atoms with Crippen LogP contribution in [0.3, 0.4) is 0 Å². The number of hydrogen-bond donors (Lipinski definition) is 0. The molecule has 1 aromatic heterocycles. The average Bonchev–Trinajstić information content (AvgIpc) is 2.83. The highest BCUT2D eigenvalue weighted by Gasteiger charge is 2.28. The molecule has 0 saturated carbocycles. The molecule has 4 heteroatoms. The lowest BCUT2D eigenvalue weighted by atomic mass is 9.97. The van der Waals surface area contributed by atoms with Gasteiger partial charge in [0.25, 0.3) is 5.91 Å². The summed E-state index contributed by atoms with van der Waals surface area (Å²) in [6, 6.07) is 1.65. The quantitative estimate of drug-likeness (QED) is 0.781. The summed E-state index contributed by atoms with van der Waals surface area (Å²) >= 11 is 0. The number of aryl methyl sites for hydroxylation is 1. The van der Waals surface area contributed by atoms with E-state index in [-0.39, 0.29) is 11.7 Å². The predicted octanol–water partition coefficient (Wildman–Crippen LogP) is 2.67. The van der Waals surface area contributed by atoms with E-state index in [0.717, 1.165) is 32.4 Å². The molecule has 0 aromatic carbocycles. The molecule has 1 aromatic rings. The maximum Gasteiger partial charge on any atom is 0.289 e. The van der Waals surface area contributed by atoms with Crippen LogP contribution in [0.1, 0.15) is 59.3 Å². The Morgan fingerprint density at radius 3 is 2.95 bits per heavy atom. The van der Waals surface area contributed by atoms with E-state index in [9.17, 15) is 9.59 Å². The number of amides is 1. The molecule has 0 radical (unpaired) electrons. The van der Waals surface area contributed by atoms with Gasteiger partial charge in [-0.25, -0.2) is 0 Å². The van der Waals surface area contributed by atoms with Crippen LogP contribution >= 0.6 is 0 Å². The number of rotatable bonds is 1. The average molecular weight is 261 g/mol. The Kier molecular flexibility index (Phi) is 3.17. The van der Waals surface area contributed by atoms with E-state index in [1.807, 2.05) is 4.90 Å². The highest BCUT2D eigenvalue weighted by Crippen LogP contribution is 2.26. The number of furan rings is 1. The van der Waals surface area contributed by atoms with Crippen LogP contribution < -0.4 is 0 Å². The van der Waals surface area contributed by atoms with Crippen molar-refractivity contribution >= 4 is 11.7 Å². The number of likely N-dealkylation sites (tertiary alicyclic amines) is 1. The largest absolute Gasteiger partial charge is 0.455 e. The van der Waals surface area contributed by atoms with Crippen LogP contribution in [0.2, 0.25) is 0 Å². The second-order valence-electron chi connectivity index (χ2n) is 5.72. The molecule has 102 valence electrons. The molecule has 1 atom stereocenters. The molecule has 1 saturated heterocycles. The van der Waals surface area contributed by atoms with Gasteiger partial charge in [-0.1, -0.05) is 6.92 Å². The first kappa shape index (κ1) is 12.5. The smallest absolute Gasteiger partial charge is 0.289 e. The summed E-state index contributed by atoms with van der Waals surface area (Å²) in [6.45, 7) is 3.75. The maximum absolute atomic E-state index is 12.4. The number of ketones is 1. The first-order chi connectivity index (χ1) is 9.15. The van der Waals surface area contributed by atoms with Crippen molar-refractivity contribution in [3.63, 3.8) is 0 Å². The Labute approximate surface area is 112 Å². The highest BCUT2D eigenvalue weighted by atomic mass is 16.4. The van der Waals surface area contributed by atoms with E-state index < -0.39 is 0 Å². The van der Waals surface area contributed by atoms with Gasteiger partial charge in [-0.2, -0.15) is 0 Å². The minimum absolute atomic E-state index is 0.0613. The van der Waals surface area contributed by atoms with Crippen molar-refractivity contribution in [1.82, 2.24) is 4.90 Å². The molecule has 2 heterocycles. The van der Waals surface area contributed by atoms with Crippen molar-refractivity contribution in [3.8, 4) is 0 Å². The number of carbonyl (C=O) groups excluding carboxylic acids is 2. The fourth-order valence-electron chi connectivity index (χ4n) is 3.03. The monoisotopic (exact) mass is 261 g/mol. The van der Waals surface area contributed by atoms with E-state index in [1.165, 1.54) is 6.42 Å². The van der Waals surface area contributed by atoms with Gasteiger partial charge in [0.1, 0.15) is 5.76 Å². The third-order valence-corrected chi connectivity index (χ3v) is 4.07. The maximum atomic E-state index is 12.4. The summed E-state index contributed by atoms with van der Waals surface area (Å²) in [5, 5.41) is 0. The number of Topliss-reactive ketones (excluding diaryl/α,β-unsaturated/α-hetero) is 1. The molecule has 3 rings (SSSR count). The standard InChI is InChI=1S/C15H19NO3/c1-10-4-3-7-16(9-10)15(18)14-8-11-12(17)5-2-6-13(11)19-14/h8,10H,2-7,9H2,1H3. The van der Waals surface area contributed by atoms with Crippen LogP contribution in [0.25, 0.3) is 0 Å². The molecule has 0 spiro atoms. The summed E-state index contributed by atoms with van der Waals surface area (Å²) in [6.07, 6.45) is 4.39. The highest BCUT2D eigenvalue weighted by molar-refractivity contribution is 6.01. The van der Waals surface area contributed by atoms with Gasteiger partial charge >= 0.3 is 0 Å².